The van der Waals surface area contributed by atoms with Crippen molar-refractivity contribution in [2.75, 3.05) is 13.1 Å². The first-order chi connectivity index (χ1) is 16.7. The number of hydrogen-bond donors (Lipinski definition) is 1. The largest absolute Gasteiger partial charge is 0.337 e. The van der Waals surface area contributed by atoms with Crippen LogP contribution in [-0.4, -0.2) is 38.8 Å². The van der Waals surface area contributed by atoms with Gasteiger partial charge in [0.25, 0.3) is 5.91 Å². The smallest absolute Gasteiger partial charge is 0.272 e. The standard InChI is InChI=1S/C29H42N4O/c1-3-5-7-9-11-15-22-33(23-16-12-10-8-6-4-2)29(34)27-21-17-20-26(30-27)28-31-24-18-13-14-19-25(24)32-28/h13-14,17-21H,3-12,15-16,22-23H2,1-2H3,(H,31,32). The van der Waals surface area contributed by atoms with E-state index in [1.807, 2.05) is 47.4 Å². The predicted octanol–water partition coefficient (Wildman–Crippen LogP) is 7.79. The minimum Gasteiger partial charge on any atom is -0.337 e. The van der Waals surface area contributed by atoms with E-state index in [9.17, 15) is 4.79 Å². The van der Waals surface area contributed by atoms with Crippen LogP contribution in [0.25, 0.3) is 22.6 Å². The molecule has 0 aliphatic rings. The van der Waals surface area contributed by atoms with Gasteiger partial charge in [0, 0.05) is 13.1 Å². The van der Waals surface area contributed by atoms with Crippen LogP contribution >= 0.6 is 0 Å². The molecular weight excluding hydrogens is 420 g/mol. The minimum atomic E-state index is 0.0417. The Morgan fingerprint density at radius 3 is 2.00 bits per heavy atom. The van der Waals surface area contributed by atoms with Gasteiger partial charge in [-0.05, 0) is 37.1 Å². The fraction of sp³-hybridized carbons (Fsp3) is 0.552. The number of aromatic nitrogens is 3. The van der Waals surface area contributed by atoms with Gasteiger partial charge in [0.1, 0.15) is 11.4 Å². The number of imidazole rings is 1. The van der Waals surface area contributed by atoms with E-state index in [-0.39, 0.29) is 5.91 Å². The third-order valence-corrected chi connectivity index (χ3v) is 6.45. The van der Waals surface area contributed by atoms with Gasteiger partial charge in [0.15, 0.2) is 5.82 Å². The van der Waals surface area contributed by atoms with Crippen molar-refractivity contribution in [1.82, 2.24) is 19.9 Å². The van der Waals surface area contributed by atoms with E-state index in [1.165, 1.54) is 64.2 Å². The van der Waals surface area contributed by atoms with E-state index < -0.39 is 0 Å². The molecule has 2 heterocycles. The number of H-pyrrole nitrogens is 1. The molecule has 0 saturated carbocycles. The number of pyridine rings is 1. The van der Waals surface area contributed by atoms with Crippen LogP contribution in [0.2, 0.25) is 0 Å². The van der Waals surface area contributed by atoms with Crippen LogP contribution in [0.1, 0.15) is 101 Å². The Morgan fingerprint density at radius 2 is 1.35 bits per heavy atom. The monoisotopic (exact) mass is 462 g/mol. The molecule has 0 aliphatic heterocycles. The quantitative estimate of drug-likeness (QED) is 0.221. The zero-order valence-corrected chi connectivity index (χ0v) is 21.2. The number of nitrogens with one attached hydrogen (secondary N) is 1. The zero-order valence-electron chi connectivity index (χ0n) is 21.2. The lowest BCUT2D eigenvalue weighted by Gasteiger charge is -2.22. The molecule has 5 nitrogen and oxygen atoms in total. The first kappa shape index (κ1) is 25.9. The van der Waals surface area contributed by atoms with Crippen LogP contribution in [-0.2, 0) is 0 Å². The highest BCUT2D eigenvalue weighted by Crippen LogP contribution is 2.20. The van der Waals surface area contributed by atoms with E-state index >= 15 is 0 Å². The molecule has 5 heteroatoms. The van der Waals surface area contributed by atoms with Crippen molar-refractivity contribution in [3.05, 3.63) is 48.2 Å². The number of nitrogens with zero attached hydrogens (tertiary/aromatic N) is 3. The Labute approximate surface area is 205 Å². The summed E-state index contributed by atoms with van der Waals surface area (Å²) in [5.74, 6) is 0.745. The summed E-state index contributed by atoms with van der Waals surface area (Å²) >= 11 is 0. The summed E-state index contributed by atoms with van der Waals surface area (Å²) in [5.41, 5.74) is 3.10. The lowest BCUT2D eigenvalue weighted by atomic mass is 10.1. The summed E-state index contributed by atoms with van der Waals surface area (Å²) in [5, 5.41) is 0. The molecule has 0 fully saturated rings. The number of para-hydroxylation sites is 2. The van der Waals surface area contributed by atoms with Crippen LogP contribution in [0, 0.1) is 0 Å². The first-order valence-electron chi connectivity index (χ1n) is 13.4. The molecule has 0 radical (unpaired) electrons. The number of unbranched alkanes of at least 4 members (excludes halogenated alkanes) is 10. The summed E-state index contributed by atoms with van der Waals surface area (Å²) < 4.78 is 0. The molecule has 0 unspecified atom stereocenters. The fourth-order valence-corrected chi connectivity index (χ4v) is 4.40. The highest BCUT2D eigenvalue weighted by atomic mass is 16.2. The zero-order chi connectivity index (χ0) is 24.0. The van der Waals surface area contributed by atoms with Crippen molar-refractivity contribution in [2.24, 2.45) is 0 Å². The topological polar surface area (TPSA) is 61.9 Å². The van der Waals surface area contributed by atoms with Crippen molar-refractivity contribution >= 4 is 16.9 Å². The van der Waals surface area contributed by atoms with Gasteiger partial charge in [-0.25, -0.2) is 9.97 Å². The van der Waals surface area contributed by atoms with Crippen molar-refractivity contribution in [2.45, 2.75) is 90.9 Å². The Hall–Kier alpha value is -2.69. The number of carbonyl (C=O) groups excluding carboxylic acids is 1. The Balaban J connectivity index is 1.65. The normalized spacial score (nSPS) is 11.2. The predicted molar refractivity (Wildman–Crippen MR) is 142 cm³/mol. The molecule has 3 aromatic rings. The van der Waals surface area contributed by atoms with Crippen molar-refractivity contribution < 1.29 is 4.79 Å². The van der Waals surface area contributed by atoms with Gasteiger partial charge in [0.05, 0.1) is 11.0 Å². The molecule has 184 valence electrons. The molecule has 1 aromatic carbocycles. The Morgan fingerprint density at radius 1 is 0.735 bits per heavy atom. The molecular formula is C29H42N4O. The highest BCUT2D eigenvalue weighted by molar-refractivity contribution is 5.93. The number of rotatable bonds is 16. The maximum atomic E-state index is 13.5. The molecule has 0 saturated heterocycles. The number of fused-ring (bicyclic) bond motifs is 1. The maximum Gasteiger partial charge on any atom is 0.272 e. The van der Waals surface area contributed by atoms with Gasteiger partial charge < -0.3 is 9.88 Å². The first-order valence-corrected chi connectivity index (χ1v) is 13.4. The van der Waals surface area contributed by atoms with Gasteiger partial charge in [0.2, 0.25) is 0 Å². The minimum absolute atomic E-state index is 0.0417. The fourth-order valence-electron chi connectivity index (χ4n) is 4.40. The van der Waals surface area contributed by atoms with Crippen LogP contribution in [0.15, 0.2) is 42.5 Å². The second-order valence-electron chi connectivity index (χ2n) is 9.34. The maximum absolute atomic E-state index is 13.5. The highest BCUT2D eigenvalue weighted by Gasteiger charge is 2.18. The second-order valence-corrected chi connectivity index (χ2v) is 9.34. The van der Waals surface area contributed by atoms with Crippen LogP contribution in [0.4, 0.5) is 0 Å². The van der Waals surface area contributed by atoms with Crippen molar-refractivity contribution in [3.63, 3.8) is 0 Å². The Bertz CT molecular complexity index is 947. The van der Waals surface area contributed by atoms with E-state index in [2.05, 4.69) is 23.8 Å². The lowest BCUT2D eigenvalue weighted by molar-refractivity contribution is 0.0743. The number of aromatic amines is 1. The van der Waals surface area contributed by atoms with Gasteiger partial charge in [-0.1, -0.05) is 96.3 Å². The molecule has 0 aliphatic carbocycles. The van der Waals surface area contributed by atoms with Crippen LogP contribution < -0.4 is 0 Å². The Kier molecular flexibility index (Phi) is 11.1. The number of amides is 1. The average molecular weight is 463 g/mol. The molecule has 0 spiro atoms. The van der Waals surface area contributed by atoms with Crippen molar-refractivity contribution in [1.29, 1.82) is 0 Å². The summed E-state index contributed by atoms with van der Waals surface area (Å²) in [4.78, 5) is 28.2. The van der Waals surface area contributed by atoms with Gasteiger partial charge in [-0.3, -0.25) is 4.79 Å². The van der Waals surface area contributed by atoms with E-state index in [0.717, 1.165) is 37.0 Å². The molecule has 34 heavy (non-hydrogen) atoms. The van der Waals surface area contributed by atoms with E-state index in [4.69, 9.17) is 4.98 Å². The summed E-state index contributed by atoms with van der Waals surface area (Å²) in [7, 11) is 0. The van der Waals surface area contributed by atoms with Crippen molar-refractivity contribution in [3.8, 4) is 11.5 Å². The molecule has 0 atom stereocenters. The van der Waals surface area contributed by atoms with Crippen LogP contribution in [0.3, 0.4) is 0 Å². The van der Waals surface area contributed by atoms with E-state index in [1.54, 1.807) is 0 Å². The van der Waals surface area contributed by atoms with Gasteiger partial charge in [-0.15, -0.1) is 0 Å². The number of hydrogen-bond acceptors (Lipinski definition) is 3. The molecule has 1 N–H and O–H groups in total. The molecule has 2 aromatic heterocycles. The van der Waals surface area contributed by atoms with E-state index in [0.29, 0.717) is 17.2 Å². The summed E-state index contributed by atoms with van der Waals surface area (Å²) in [6.45, 7) is 6.12. The van der Waals surface area contributed by atoms with Gasteiger partial charge in [-0.2, -0.15) is 0 Å². The summed E-state index contributed by atoms with van der Waals surface area (Å²) in [6, 6.07) is 13.6. The third kappa shape index (κ3) is 7.96. The second kappa shape index (κ2) is 14.5. The lowest BCUT2D eigenvalue weighted by Crippen LogP contribution is -2.33. The van der Waals surface area contributed by atoms with Crippen LogP contribution in [0.5, 0.6) is 0 Å². The average Bonchev–Trinajstić information content (AvgIpc) is 3.31. The molecule has 3 rings (SSSR count). The number of carbonyl (C=O) groups is 1. The molecule has 0 bridgehead atoms. The summed E-state index contributed by atoms with van der Waals surface area (Å²) in [6.07, 6.45) is 14.7. The SMILES string of the molecule is CCCCCCCCN(CCCCCCCC)C(=O)c1cccc(-c2nc3ccccc3[nH]2)n1. The van der Waals surface area contributed by atoms with Gasteiger partial charge >= 0.3 is 0 Å². The third-order valence-electron chi connectivity index (χ3n) is 6.45. The molecule has 1 amide bonds. The number of benzene rings is 1.